The average molecular weight is 217 g/mol. The number of rotatable bonds is 7. The Morgan fingerprint density at radius 2 is 2.07 bits per heavy atom. The summed E-state index contributed by atoms with van der Waals surface area (Å²) in [6.07, 6.45) is 1.52. The van der Waals surface area contributed by atoms with E-state index >= 15 is 0 Å². The van der Waals surface area contributed by atoms with E-state index in [2.05, 4.69) is 5.32 Å². The van der Waals surface area contributed by atoms with Gasteiger partial charge in [-0.1, -0.05) is 13.8 Å². The fourth-order valence-electron chi connectivity index (χ4n) is 0.872. The minimum absolute atomic E-state index is 0.0225. The van der Waals surface area contributed by atoms with Crippen molar-refractivity contribution in [2.24, 2.45) is 5.92 Å². The highest BCUT2D eigenvalue weighted by atomic mass is 32.2. The Kier molecular flexibility index (Phi) is 7.57. The van der Waals surface area contributed by atoms with Crippen LogP contribution in [0.3, 0.4) is 0 Å². The second-order valence-electron chi connectivity index (χ2n) is 3.31. The van der Waals surface area contributed by atoms with E-state index in [1.54, 1.807) is 11.8 Å². The summed E-state index contributed by atoms with van der Waals surface area (Å²) in [6, 6.07) is 0. The second kappa shape index (κ2) is 7.85. The van der Waals surface area contributed by atoms with Crippen LogP contribution in [0.1, 0.15) is 33.6 Å². The van der Waals surface area contributed by atoms with Gasteiger partial charge in [0.05, 0.1) is 5.88 Å². The molecular formula is C10H19NO2S. The van der Waals surface area contributed by atoms with Crippen molar-refractivity contribution in [3.63, 3.8) is 0 Å². The number of carbonyl (C=O) groups excluding carboxylic acids is 2. The molecule has 14 heavy (non-hydrogen) atoms. The summed E-state index contributed by atoms with van der Waals surface area (Å²) in [5.41, 5.74) is 0. The Labute approximate surface area is 90.0 Å². The molecule has 0 spiro atoms. The molecule has 0 heterocycles. The lowest BCUT2D eigenvalue weighted by Crippen LogP contribution is -2.19. The highest BCUT2D eigenvalue weighted by Crippen LogP contribution is 2.08. The SMILES string of the molecule is CCC(C)C(=O)CCSCNC(C)=O. The summed E-state index contributed by atoms with van der Waals surface area (Å²) in [6.45, 7) is 5.47. The summed E-state index contributed by atoms with van der Waals surface area (Å²) in [7, 11) is 0. The molecule has 0 aliphatic heterocycles. The van der Waals surface area contributed by atoms with Crippen molar-refractivity contribution in [3.8, 4) is 0 Å². The van der Waals surface area contributed by atoms with Crippen molar-refractivity contribution < 1.29 is 9.59 Å². The number of Topliss-reactive ketones (excluding diaryl/α,β-unsaturated/α-hetero) is 1. The normalized spacial score (nSPS) is 12.2. The zero-order valence-electron chi connectivity index (χ0n) is 9.13. The molecule has 1 amide bonds. The molecule has 0 aromatic carbocycles. The predicted molar refractivity (Wildman–Crippen MR) is 60.2 cm³/mol. The zero-order valence-corrected chi connectivity index (χ0v) is 9.95. The Bertz CT molecular complexity index is 195. The summed E-state index contributed by atoms with van der Waals surface area (Å²) in [5.74, 6) is 1.87. The van der Waals surface area contributed by atoms with E-state index in [1.165, 1.54) is 6.92 Å². The first-order valence-corrected chi connectivity index (χ1v) is 6.08. The van der Waals surface area contributed by atoms with Gasteiger partial charge in [0.1, 0.15) is 5.78 Å². The van der Waals surface area contributed by atoms with Crippen molar-refractivity contribution in [2.45, 2.75) is 33.6 Å². The fourth-order valence-corrected chi connectivity index (χ4v) is 1.67. The molecule has 0 saturated heterocycles. The Morgan fingerprint density at radius 3 is 2.57 bits per heavy atom. The van der Waals surface area contributed by atoms with Crippen molar-refractivity contribution >= 4 is 23.5 Å². The van der Waals surface area contributed by atoms with Crippen molar-refractivity contribution in [1.82, 2.24) is 5.32 Å². The van der Waals surface area contributed by atoms with Crippen LogP contribution in [0, 0.1) is 5.92 Å². The van der Waals surface area contributed by atoms with E-state index in [9.17, 15) is 9.59 Å². The molecule has 3 nitrogen and oxygen atoms in total. The van der Waals surface area contributed by atoms with Gasteiger partial charge in [-0.3, -0.25) is 9.59 Å². The summed E-state index contributed by atoms with van der Waals surface area (Å²) in [5, 5.41) is 2.68. The van der Waals surface area contributed by atoms with Gasteiger partial charge >= 0.3 is 0 Å². The predicted octanol–water partition coefficient (Wildman–Crippen LogP) is 1.82. The Morgan fingerprint density at radius 1 is 1.43 bits per heavy atom. The first-order chi connectivity index (χ1) is 6.57. The van der Waals surface area contributed by atoms with Crippen molar-refractivity contribution in [1.29, 1.82) is 0 Å². The van der Waals surface area contributed by atoms with E-state index in [0.717, 1.165) is 12.2 Å². The molecule has 0 radical (unpaired) electrons. The van der Waals surface area contributed by atoms with Crippen LogP contribution in [0.5, 0.6) is 0 Å². The number of thioether (sulfide) groups is 1. The van der Waals surface area contributed by atoms with Crippen LogP contribution < -0.4 is 5.32 Å². The average Bonchev–Trinajstić information content (AvgIpc) is 2.15. The van der Waals surface area contributed by atoms with Gasteiger partial charge in [0.25, 0.3) is 0 Å². The summed E-state index contributed by atoms with van der Waals surface area (Å²) in [4.78, 5) is 21.9. The maximum Gasteiger partial charge on any atom is 0.217 e. The molecule has 0 fully saturated rings. The van der Waals surface area contributed by atoms with Crippen LogP contribution in [0.2, 0.25) is 0 Å². The van der Waals surface area contributed by atoms with Crippen LogP contribution in [0.25, 0.3) is 0 Å². The molecule has 1 N–H and O–H groups in total. The number of hydrogen-bond donors (Lipinski definition) is 1. The molecular weight excluding hydrogens is 198 g/mol. The largest absolute Gasteiger partial charge is 0.347 e. The molecule has 4 heteroatoms. The van der Waals surface area contributed by atoms with Gasteiger partial charge in [-0.05, 0) is 6.42 Å². The number of ketones is 1. The molecule has 0 aromatic rings. The fraction of sp³-hybridized carbons (Fsp3) is 0.800. The van der Waals surface area contributed by atoms with Crippen LogP contribution in [0.4, 0.5) is 0 Å². The van der Waals surface area contributed by atoms with Gasteiger partial charge in [-0.2, -0.15) is 0 Å². The molecule has 1 atom stereocenters. The first kappa shape index (κ1) is 13.5. The lowest BCUT2D eigenvalue weighted by Gasteiger charge is -2.06. The number of carbonyl (C=O) groups is 2. The van der Waals surface area contributed by atoms with E-state index in [-0.39, 0.29) is 11.8 Å². The Hall–Kier alpha value is -0.510. The molecule has 82 valence electrons. The van der Waals surface area contributed by atoms with Gasteiger partial charge < -0.3 is 5.32 Å². The molecule has 0 bridgehead atoms. The van der Waals surface area contributed by atoms with E-state index < -0.39 is 0 Å². The van der Waals surface area contributed by atoms with Crippen LogP contribution in [-0.4, -0.2) is 23.3 Å². The highest BCUT2D eigenvalue weighted by Gasteiger charge is 2.09. The maximum atomic E-state index is 11.4. The van der Waals surface area contributed by atoms with E-state index in [1.807, 2.05) is 13.8 Å². The number of amides is 1. The smallest absolute Gasteiger partial charge is 0.217 e. The standard InChI is InChI=1S/C10H19NO2S/c1-4-8(2)10(13)5-6-14-7-11-9(3)12/h8H,4-7H2,1-3H3,(H,11,12). The minimum Gasteiger partial charge on any atom is -0.347 e. The van der Waals surface area contributed by atoms with Gasteiger partial charge in [0.15, 0.2) is 0 Å². The third kappa shape index (κ3) is 6.95. The van der Waals surface area contributed by atoms with Crippen molar-refractivity contribution in [2.75, 3.05) is 11.6 Å². The van der Waals surface area contributed by atoms with Crippen LogP contribution in [-0.2, 0) is 9.59 Å². The first-order valence-electron chi connectivity index (χ1n) is 4.92. The highest BCUT2D eigenvalue weighted by molar-refractivity contribution is 7.99. The molecule has 0 saturated carbocycles. The van der Waals surface area contributed by atoms with Gasteiger partial charge in [-0.25, -0.2) is 0 Å². The third-order valence-electron chi connectivity index (χ3n) is 2.08. The molecule has 0 aromatic heterocycles. The number of hydrogen-bond acceptors (Lipinski definition) is 3. The lowest BCUT2D eigenvalue weighted by molar-refractivity contribution is -0.122. The second-order valence-corrected chi connectivity index (χ2v) is 4.42. The molecule has 0 rings (SSSR count). The van der Waals surface area contributed by atoms with Crippen molar-refractivity contribution in [3.05, 3.63) is 0 Å². The monoisotopic (exact) mass is 217 g/mol. The van der Waals surface area contributed by atoms with Gasteiger partial charge in [0.2, 0.25) is 5.91 Å². The summed E-state index contributed by atoms with van der Waals surface area (Å²) < 4.78 is 0. The van der Waals surface area contributed by atoms with E-state index in [4.69, 9.17) is 0 Å². The molecule has 0 aliphatic carbocycles. The minimum atomic E-state index is -0.0225. The van der Waals surface area contributed by atoms with Crippen LogP contribution >= 0.6 is 11.8 Å². The topological polar surface area (TPSA) is 46.2 Å². The molecule has 0 aliphatic rings. The third-order valence-corrected chi connectivity index (χ3v) is 2.92. The zero-order chi connectivity index (χ0) is 11.0. The van der Waals surface area contributed by atoms with Crippen LogP contribution in [0.15, 0.2) is 0 Å². The van der Waals surface area contributed by atoms with E-state index in [0.29, 0.717) is 18.1 Å². The number of nitrogens with one attached hydrogen (secondary N) is 1. The van der Waals surface area contributed by atoms with Gasteiger partial charge in [-0.15, -0.1) is 11.8 Å². The Balaban J connectivity index is 3.36. The quantitative estimate of drug-likeness (QED) is 0.522. The lowest BCUT2D eigenvalue weighted by atomic mass is 10.0. The van der Waals surface area contributed by atoms with Gasteiger partial charge in [0, 0.05) is 25.0 Å². The maximum absolute atomic E-state index is 11.4. The molecule has 1 unspecified atom stereocenters. The summed E-state index contributed by atoms with van der Waals surface area (Å²) >= 11 is 1.59.